The Morgan fingerprint density at radius 3 is 3.17 bits per heavy atom. The van der Waals surface area contributed by atoms with Crippen LogP contribution in [-0.2, 0) is 6.42 Å². The van der Waals surface area contributed by atoms with Gasteiger partial charge in [0.25, 0.3) is 5.91 Å². The standard InChI is InChI=1S/C12H18N4OS/c1-2-9-10(18-15-14-9)11(17)16-6-4-12(8-16)3-5-13-7-12/h13H,2-8H2,1H3. The summed E-state index contributed by atoms with van der Waals surface area (Å²) in [5.41, 5.74) is 1.18. The van der Waals surface area contributed by atoms with Crippen molar-refractivity contribution in [2.24, 2.45) is 5.41 Å². The maximum Gasteiger partial charge on any atom is 0.267 e. The van der Waals surface area contributed by atoms with E-state index in [9.17, 15) is 4.79 Å². The molecule has 1 amide bonds. The summed E-state index contributed by atoms with van der Waals surface area (Å²) in [4.78, 5) is 15.2. The Hall–Kier alpha value is -1.01. The molecule has 1 atom stereocenters. The van der Waals surface area contributed by atoms with E-state index in [4.69, 9.17) is 0 Å². The molecule has 0 radical (unpaired) electrons. The second kappa shape index (κ2) is 4.59. The molecule has 1 spiro atoms. The molecule has 0 saturated carbocycles. The van der Waals surface area contributed by atoms with Crippen LogP contribution in [0.4, 0.5) is 0 Å². The fraction of sp³-hybridized carbons (Fsp3) is 0.750. The molecule has 2 saturated heterocycles. The van der Waals surface area contributed by atoms with Crippen molar-refractivity contribution < 1.29 is 4.79 Å². The van der Waals surface area contributed by atoms with Gasteiger partial charge < -0.3 is 10.2 Å². The molecule has 2 aliphatic rings. The predicted octanol–water partition coefficient (Wildman–Crippen LogP) is 0.926. The van der Waals surface area contributed by atoms with Crippen LogP contribution < -0.4 is 5.32 Å². The highest BCUT2D eigenvalue weighted by Gasteiger charge is 2.42. The van der Waals surface area contributed by atoms with E-state index in [1.807, 2.05) is 11.8 Å². The van der Waals surface area contributed by atoms with Crippen LogP contribution in [0, 0.1) is 5.41 Å². The van der Waals surface area contributed by atoms with E-state index in [-0.39, 0.29) is 5.91 Å². The molecule has 1 aromatic rings. The molecule has 1 aromatic heterocycles. The van der Waals surface area contributed by atoms with Crippen LogP contribution in [0.2, 0.25) is 0 Å². The summed E-state index contributed by atoms with van der Waals surface area (Å²) >= 11 is 1.23. The minimum Gasteiger partial charge on any atom is -0.337 e. The van der Waals surface area contributed by atoms with Crippen molar-refractivity contribution in [3.05, 3.63) is 10.6 Å². The van der Waals surface area contributed by atoms with Crippen molar-refractivity contribution in [3.63, 3.8) is 0 Å². The monoisotopic (exact) mass is 266 g/mol. The third-order valence-electron chi connectivity index (χ3n) is 4.14. The predicted molar refractivity (Wildman–Crippen MR) is 69.7 cm³/mol. The Labute approximate surface area is 111 Å². The average molecular weight is 266 g/mol. The lowest BCUT2D eigenvalue weighted by atomic mass is 9.87. The lowest BCUT2D eigenvalue weighted by Crippen LogP contribution is -2.33. The van der Waals surface area contributed by atoms with Crippen LogP contribution in [-0.4, -0.2) is 46.6 Å². The van der Waals surface area contributed by atoms with E-state index >= 15 is 0 Å². The van der Waals surface area contributed by atoms with Crippen LogP contribution in [0.3, 0.4) is 0 Å². The maximum atomic E-state index is 12.5. The number of rotatable bonds is 2. The van der Waals surface area contributed by atoms with Crippen LogP contribution in [0.5, 0.6) is 0 Å². The first-order chi connectivity index (χ1) is 8.74. The maximum absolute atomic E-state index is 12.5. The summed E-state index contributed by atoms with van der Waals surface area (Å²) in [5.74, 6) is 0.130. The number of hydrogen-bond acceptors (Lipinski definition) is 5. The first-order valence-electron chi connectivity index (χ1n) is 6.55. The first kappa shape index (κ1) is 12.0. The highest BCUT2D eigenvalue weighted by atomic mass is 32.1. The van der Waals surface area contributed by atoms with Crippen LogP contribution in [0.15, 0.2) is 0 Å². The molecule has 0 bridgehead atoms. The Balaban J connectivity index is 1.74. The minimum absolute atomic E-state index is 0.130. The third kappa shape index (κ3) is 1.93. The second-order valence-electron chi connectivity index (χ2n) is 5.31. The van der Waals surface area contributed by atoms with Gasteiger partial charge in [-0.15, -0.1) is 5.10 Å². The van der Waals surface area contributed by atoms with Crippen molar-refractivity contribution in [2.75, 3.05) is 26.2 Å². The zero-order valence-electron chi connectivity index (χ0n) is 10.6. The van der Waals surface area contributed by atoms with Crippen molar-refractivity contribution in [1.82, 2.24) is 19.8 Å². The number of likely N-dealkylation sites (tertiary alicyclic amines) is 1. The van der Waals surface area contributed by atoms with Crippen molar-refractivity contribution in [1.29, 1.82) is 0 Å². The normalized spacial score (nSPS) is 27.3. The topological polar surface area (TPSA) is 58.1 Å². The molecule has 0 aliphatic carbocycles. The minimum atomic E-state index is 0.130. The third-order valence-corrected chi connectivity index (χ3v) is 4.90. The fourth-order valence-electron chi connectivity index (χ4n) is 3.00. The number of aromatic nitrogens is 2. The van der Waals surface area contributed by atoms with E-state index < -0.39 is 0 Å². The molecule has 2 fully saturated rings. The molecule has 6 heteroatoms. The van der Waals surface area contributed by atoms with Crippen molar-refractivity contribution in [2.45, 2.75) is 26.2 Å². The highest BCUT2D eigenvalue weighted by Crippen LogP contribution is 2.36. The Bertz CT molecular complexity index is 453. The van der Waals surface area contributed by atoms with Crippen LogP contribution in [0.1, 0.15) is 35.1 Å². The summed E-state index contributed by atoms with van der Waals surface area (Å²) in [6.45, 7) is 5.92. The first-order valence-corrected chi connectivity index (χ1v) is 7.33. The number of carbonyl (C=O) groups excluding carboxylic acids is 1. The molecule has 3 rings (SSSR count). The van der Waals surface area contributed by atoms with Crippen molar-refractivity contribution in [3.8, 4) is 0 Å². The van der Waals surface area contributed by atoms with Gasteiger partial charge in [-0.25, -0.2) is 0 Å². The summed E-state index contributed by atoms with van der Waals surface area (Å²) in [7, 11) is 0. The summed E-state index contributed by atoms with van der Waals surface area (Å²) in [6, 6.07) is 0. The molecule has 0 aromatic carbocycles. The van der Waals surface area contributed by atoms with E-state index in [1.165, 1.54) is 18.0 Å². The van der Waals surface area contributed by atoms with E-state index in [2.05, 4.69) is 14.9 Å². The summed E-state index contributed by atoms with van der Waals surface area (Å²) in [6.07, 6.45) is 3.09. The smallest absolute Gasteiger partial charge is 0.267 e. The fourth-order valence-corrected chi connectivity index (χ4v) is 3.72. The number of nitrogens with one attached hydrogen (secondary N) is 1. The van der Waals surface area contributed by atoms with E-state index in [0.717, 1.165) is 49.6 Å². The van der Waals surface area contributed by atoms with Gasteiger partial charge in [0.1, 0.15) is 4.88 Å². The van der Waals surface area contributed by atoms with Gasteiger partial charge in [-0.3, -0.25) is 4.79 Å². The van der Waals surface area contributed by atoms with Crippen LogP contribution >= 0.6 is 11.5 Å². The van der Waals surface area contributed by atoms with Gasteiger partial charge in [-0.2, -0.15) is 0 Å². The van der Waals surface area contributed by atoms with Gasteiger partial charge >= 0.3 is 0 Å². The van der Waals surface area contributed by atoms with Gasteiger partial charge in [0.2, 0.25) is 0 Å². The van der Waals surface area contributed by atoms with Gasteiger partial charge in [0, 0.05) is 25.0 Å². The van der Waals surface area contributed by atoms with Crippen molar-refractivity contribution >= 4 is 17.4 Å². The largest absolute Gasteiger partial charge is 0.337 e. The molecular weight excluding hydrogens is 248 g/mol. The van der Waals surface area contributed by atoms with E-state index in [0.29, 0.717) is 5.41 Å². The average Bonchev–Trinajstić information content (AvgIpc) is 3.11. The number of hydrogen-bond donors (Lipinski definition) is 1. The van der Waals surface area contributed by atoms with Gasteiger partial charge in [0.15, 0.2) is 0 Å². The zero-order chi connectivity index (χ0) is 12.6. The Morgan fingerprint density at radius 2 is 2.44 bits per heavy atom. The molecule has 2 aliphatic heterocycles. The quantitative estimate of drug-likeness (QED) is 0.865. The zero-order valence-corrected chi connectivity index (χ0v) is 11.4. The Morgan fingerprint density at radius 1 is 1.56 bits per heavy atom. The number of aryl methyl sites for hydroxylation is 1. The SMILES string of the molecule is CCc1nnsc1C(=O)N1CCC2(CCNC2)C1. The second-order valence-corrected chi connectivity index (χ2v) is 6.06. The van der Waals surface area contributed by atoms with Gasteiger partial charge in [0.05, 0.1) is 5.69 Å². The molecule has 98 valence electrons. The lowest BCUT2D eigenvalue weighted by Gasteiger charge is -2.22. The molecular formula is C12H18N4OS. The Kier molecular flexibility index (Phi) is 3.07. The molecule has 5 nitrogen and oxygen atoms in total. The lowest BCUT2D eigenvalue weighted by molar-refractivity contribution is 0.0779. The van der Waals surface area contributed by atoms with E-state index in [1.54, 1.807) is 0 Å². The number of nitrogens with zero attached hydrogens (tertiary/aromatic N) is 3. The highest BCUT2D eigenvalue weighted by molar-refractivity contribution is 7.08. The van der Waals surface area contributed by atoms with Gasteiger partial charge in [-0.05, 0) is 37.3 Å². The molecule has 1 unspecified atom stereocenters. The molecule has 1 N–H and O–H groups in total. The summed E-state index contributed by atoms with van der Waals surface area (Å²) < 4.78 is 3.91. The van der Waals surface area contributed by atoms with Gasteiger partial charge in [-0.1, -0.05) is 11.4 Å². The number of carbonyl (C=O) groups is 1. The van der Waals surface area contributed by atoms with Crippen LogP contribution in [0.25, 0.3) is 0 Å². The molecule has 3 heterocycles. The summed E-state index contributed by atoms with van der Waals surface area (Å²) in [5, 5.41) is 7.44. The number of amides is 1. The molecule has 18 heavy (non-hydrogen) atoms.